The summed E-state index contributed by atoms with van der Waals surface area (Å²) in [5.74, 6) is 1.20. The molecule has 0 radical (unpaired) electrons. The highest BCUT2D eigenvalue weighted by Gasteiger charge is 1.96. The van der Waals surface area contributed by atoms with E-state index in [2.05, 4.69) is 59.4 Å². The molecule has 0 saturated carbocycles. The minimum atomic E-state index is 0.609. The smallest absolute Gasteiger partial charge is 0.0186 e. The number of rotatable bonds is 7. The Morgan fingerprint density at radius 1 is 1.31 bits per heavy atom. The maximum Gasteiger partial charge on any atom is 0.0186 e. The summed E-state index contributed by atoms with van der Waals surface area (Å²) in [6.45, 7) is 5.52. The second-order valence-electron chi connectivity index (χ2n) is 4.12. The van der Waals surface area contributed by atoms with E-state index in [0.29, 0.717) is 6.04 Å². The van der Waals surface area contributed by atoms with E-state index in [0.717, 1.165) is 6.54 Å². The van der Waals surface area contributed by atoms with Crippen LogP contribution in [0.15, 0.2) is 33.6 Å². The molecule has 0 aliphatic carbocycles. The molecule has 1 rings (SSSR count). The third kappa shape index (κ3) is 6.56. The van der Waals surface area contributed by atoms with Crippen LogP contribution in [0.1, 0.15) is 26.7 Å². The predicted octanol–water partition coefficient (Wildman–Crippen LogP) is 4.32. The fourth-order valence-electron chi connectivity index (χ4n) is 1.36. The van der Waals surface area contributed by atoms with Crippen LogP contribution >= 0.6 is 27.7 Å². The molecule has 0 amide bonds. The largest absolute Gasteiger partial charge is 0.315 e. The first-order valence-electron chi connectivity index (χ1n) is 5.80. The van der Waals surface area contributed by atoms with E-state index < -0.39 is 0 Å². The molecule has 0 unspecified atom stereocenters. The summed E-state index contributed by atoms with van der Waals surface area (Å²) in [4.78, 5) is 1.35. The summed E-state index contributed by atoms with van der Waals surface area (Å²) in [5.41, 5.74) is 0. The number of hydrogen-bond acceptors (Lipinski definition) is 2. The van der Waals surface area contributed by atoms with Gasteiger partial charge in [0.1, 0.15) is 0 Å². The van der Waals surface area contributed by atoms with Crippen LogP contribution in [-0.4, -0.2) is 18.3 Å². The zero-order chi connectivity index (χ0) is 11.8. The van der Waals surface area contributed by atoms with E-state index in [9.17, 15) is 0 Å². The van der Waals surface area contributed by atoms with Crippen LogP contribution in [0.25, 0.3) is 0 Å². The number of unbranched alkanes of at least 4 members (excludes halogenated alkanes) is 1. The van der Waals surface area contributed by atoms with Gasteiger partial charge in [0.15, 0.2) is 0 Å². The standard InChI is InChI=1S/C13H20BrNS/c1-11(2)15-8-3-4-9-16-13-7-5-6-12(14)10-13/h5-7,10-11,15H,3-4,8-9H2,1-2H3. The summed E-state index contributed by atoms with van der Waals surface area (Å²) in [5, 5.41) is 3.44. The molecule has 1 nitrogen and oxygen atoms in total. The van der Waals surface area contributed by atoms with Crippen LogP contribution in [0, 0.1) is 0 Å². The maximum atomic E-state index is 3.49. The Hall–Kier alpha value is 0.01000. The van der Waals surface area contributed by atoms with E-state index in [1.54, 1.807) is 0 Å². The molecule has 0 saturated heterocycles. The van der Waals surface area contributed by atoms with E-state index in [4.69, 9.17) is 0 Å². The molecule has 0 bridgehead atoms. The first-order valence-corrected chi connectivity index (χ1v) is 7.58. The van der Waals surface area contributed by atoms with Crippen molar-refractivity contribution < 1.29 is 0 Å². The van der Waals surface area contributed by atoms with Gasteiger partial charge in [0.2, 0.25) is 0 Å². The minimum Gasteiger partial charge on any atom is -0.315 e. The van der Waals surface area contributed by atoms with Crippen molar-refractivity contribution in [3.63, 3.8) is 0 Å². The van der Waals surface area contributed by atoms with Gasteiger partial charge in [-0.15, -0.1) is 11.8 Å². The van der Waals surface area contributed by atoms with Gasteiger partial charge >= 0.3 is 0 Å². The van der Waals surface area contributed by atoms with E-state index in [-0.39, 0.29) is 0 Å². The fraction of sp³-hybridized carbons (Fsp3) is 0.538. The van der Waals surface area contributed by atoms with Crippen molar-refractivity contribution in [2.24, 2.45) is 0 Å². The molecule has 1 N–H and O–H groups in total. The van der Waals surface area contributed by atoms with Crippen LogP contribution < -0.4 is 5.32 Å². The van der Waals surface area contributed by atoms with E-state index in [1.165, 1.54) is 28.0 Å². The predicted molar refractivity (Wildman–Crippen MR) is 77.2 cm³/mol. The average molecular weight is 302 g/mol. The van der Waals surface area contributed by atoms with Crippen LogP contribution in [-0.2, 0) is 0 Å². The van der Waals surface area contributed by atoms with Crippen molar-refractivity contribution in [3.05, 3.63) is 28.7 Å². The third-order valence-electron chi connectivity index (χ3n) is 2.19. The van der Waals surface area contributed by atoms with Crippen LogP contribution in [0.4, 0.5) is 0 Å². The minimum absolute atomic E-state index is 0.609. The summed E-state index contributed by atoms with van der Waals surface area (Å²) in [7, 11) is 0. The molecule has 16 heavy (non-hydrogen) atoms. The quantitative estimate of drug-likeness (QED) is 0.594. The van der Waals surface area contributed by atoms with Gasteiger partial charge in [0.05, 0.1) is 0 Å². The van der Waals surface area contributed by atoms with Crippen molar-refractivity contribution in [3.8, 4) is 0 Å². The Kier molecular flexibility index (Phi) is 7.17. The molecule has 0 aromatic heterocycles. The van der Waals surface area contributed by atoms with Crippen molar-refractivity contribution in [2.75, 3.05) is 12.3 Å². The summed E-state index contributed by atoms with van der Waals surface area (Å²) < 4.78 is 1.17. The first kappa shape index (κ1) is 14.1. The van der Waals surface area contributed by atoms with Gasteiger partial charge < -0.3 is 5.32 Å². The Labute approximate surface area is 112 Å². The molecule has 0 aliphatic rings. The number of benzene rings is 1. The molecule has 0 atom stereocenters. The molecular formula is C13H20BrNS. The SMILES string of the molecule is CC(C)NCCCCSc1cccc(Br)c1. The van der Waals surface area contributed by atoms with Crippen molar-refractivity contribution in [1.29, 1.82) is 0 Å². The third-order valence-corrected chi connectivity index (χ3v) is 3.76. The lowest BCUT2D eigenvalue weighted by Crippen LogP contribution is -2.23. The maximum absolute atomic E-state index is 3.49. The Morgan fingerprint density at radius 3 is 2.81 bits per heavy atom. The zero-order valence-corrected chi connectivity index (χ0v) is 12.4. The van der Waals surface area contributed by atoms with Gasteiger partial charge in [-0.25, -0.2) is 0 Å². The highest BCUT2D eigenvalue weighted by molar-refractivity contribution is 9.10. The Morgan fingerprint density at radius 2 is 2.12 bits per heavy atom. The zero-order valence-electron chi connectivity index (χ0n) is 10.0. The monoisotopic (exact) mass is 301 g/mol. The van der Waals surface area contributed by atoms with E-state index in [1.807, 2.05) is 11.8 Å². The molecule has 0 heterocycles. The van der Waals surface area contributed by atoms with Crippen LogP contribution in [0.2, 0.25) is 0 Å². The summed E-state index contributed by atoms with van der Waals surface area (Å²) in [6, 6.07) is 9.11. The highest BCUT2D eigenvalue weighted by atomic mass is 79.9. The van der Waals surface area contributed by atoms with Crippen LogP contribution in [0.5, 0.6) is 0 Å². The number of thioether (sulfide) groups is 1. The molecule has 0 fully saturated rings. The lowest BCUT2D eigenvalue weighted by Gasteiger charge is -2.07. The van der Waals surface area contributed by atoms with Crippen LogP contribution in [0.3, 0.4) is 0 Å². The molecule has 3 heteroatoms. The van der Waals surface area contributed by atoms with Gasteiger partial charge in [0, 0.05) is 15.4 Å². The number of halogens is 1. The van der Waals surface area contributed by atoms with Gasteiger partial charge in [-0.05, 0) is 43.3 Å². The lowest BCUT2D eigenvalue weighted by atomic mass is 10.3. The summed E-state index contributed by atoms with van der Waals surface area (Å²) in [6.07, 6.45) is 2.54. The first-order chi connectivity index (χ1) is 7.68. The lowest BCUT2D eigenvalue weighted by molar-refractivity contribution is 0.567. The van der Waals surface area contributed by atoms with Gasteiger partial charge in [-0.3, -0.25) is 0 Å². The van der Waals surface area contributed by atoms with Gasteiger partial charge in [-0.2, -0.15) is 0 Å². The second kappa shape index (κ2) is 8.15. The van der Waals surface area contributed by atoms with Gasteiger partial charge in [-0.1, -0.05) is 35.8 Å². The van der Waals surface area contributed by atoms with Crippen molar-refractivity contribution in [1.82, 2.24) is 5.32 Å². The molecule has 1 aromatic rings. The topological polar surface area (TPSA) is 12.0 Å². The van der Waals surface area contributed by atoms with Gasteiger partial charge in [0.25, 0.3) is 0 Å². The number of nitrogens with one attached hydrogen (secondary N) is 1. The Bertz CT molecular complexity index is 302. The van der Waals surface area contributed by atoms with E-state index >= 15 is 0 Å². The molecule has 0 spiro atoms. The molecule has 1 aromatic carbocycles. The number of hydrogen-bond donors (Lipinski definition) is 1. The van der Waals surface area contributed by atoms with Crippen molar-refractivity contribution >= 4 is 27.7 Å². The summed E-state index contributed by atoms with van der Waals surface area (Å²) >= 11 is 5.42. The molecular weight excluding hydrogens is 282 g/mol. The van der Waals surface area contributed by atoms with Crippen molar-refractivity contribution in [2.45, 2.75) is 37.6 Å². The second-order valence-corrected chi connectivity index (χ2v) is 6.21. The Balaban J connectivity index is 2.07. The average Bonchev–Trinajstić information content (AvgIpc) is 2.23. The fourth-order valence-corrected chi connectivity index (χ4v) is 2.88. The normalized spacial score (nSPS) is 11.0. The highest BCUT2D eigenvalue weighted by Crippen LogP contribution is 2.22. The molecule has 0 aliphatic heterocycles. The molecule has 90 valence electrons.